The molecule has 18 heavy (non-hydrogen) atoms. The van der Waals surface area contributed by atoms with Gasteiger partial charge in [-0.05, 0) is 32.2 Å². The third-order valence-corrected chi connectivity index (χ3v) is 4.90. The molecule has 4 nitrogen and oxygen atoms in total. The third-order valence-electron chi connectivity index (χ3n) is 3.86. The number of hydrogen-bond acceptors (Lipinski definition) is 4. The molecule has 1 aliphatic rings. The zero-order chi connectivity index (χ0) is 13.2. The van der Waals surface area contributed by atoms with Crippen molar-refractivity contribution >= 4 is 17.3 Å². The Balaban J connectivity index is 2.14. The summed E-state index contributed by atoms with van der Waals surface area (Å²) in [5.74, 6) is -0.687. The summed E-state index contributed by atoms with van der Waals surface area (Å²) < 4.78 is 0. The molecule has 0 spiro atoms. The van der Waals surface area contributed by atoms with Gasteiger partial charge in [-0.15, -0.1) is 11.3 Å². The zero-order valence-corrected chi connectivity index (χ0v) is 11.8. The number of nitrogens with zero attached hydrogens (tertiary/aromatic N) is 2. The quantitative estimate of drug-likeness (QED) is 0.891. The molecule has 1 saturated heterocycles. The average Bonchev–Trinajstić information content (AvgIpc) is 2.96. The molecule has 1 atom stereocenters. The van der Waals surface area contributed by atoms with Gasteiger partial charge in [0.15, 0.2) is 0 Å². The minimum atomic E-state index is -0.687. The van der Waals surface area contributed by atoms with Gasteiger partial charge in [0, 0.05) is 11.9 Å². The fourth-order valence-corrected chi connectivity index (χ4v) is 3.47. The first-order valence-electron chi connectivity index (χ1n) is 6.54. The Morgan fingerprint density at radius 1 is 1.61 bits per heavy atom. The summed E-state index contributed by atoms with van der Waals surface area (Å²) in [5, 5.41) is 12.7. The summed E-state index contributed by atoms with van der Waals surface area (Å²) in [5.41, 5.74) is 0.341. The van der Waals surface area contributed by atoms with E-state index in [-0.39, 0.29) is 0 Å². The first-order chi connectivity index (χ1) is 8.62. The summed E-state index contributed by atoms with van der Waals surface area (Å²) in [6.45, 7) is 5.58. The standard InChI is InChI=1S/C13H20N2O2S/c1-3-11-14-10(9-18-11)8-15-7-5-6-13(15,4-2)12(16)17/h9H,3-8H2,1-2H3,(H,16,17). The van der Waals surface area contributed by atoms with Crippen LogP contribution in [0.25, 0.3) is 0 Å². The molecule has 2 rings (SSSR count). The van der Waals surface area contributed by atoms with Crippen molar-refractivity contribution in [2.45, 2.75) is 51.6 Å². The Hall–Kier alpha value is -0.940. The van der Waals surface area contributed by atoms with E-state index in [4.69, 9.17) is 0 Å². The van der Waals surface area contributed by atoms with Crippen molar-refractivity contribution in [2.24, 2.45) is 0 Å². The molecule has 0 saturated carbocycles. The van der Waals surface area contributed by atoms with Crippen molar-refractivity contribution in [3.05, 3.63) is 16.1 Å². The van der Waals surface area contributed by atoms with Gasteiger partial charge in [-0.2, -0.15) is 0 Å². The number of aliphatic carboxylic acids is 1. The van der Waals surface area contributed by atoms with Crippen LogP contribution >= 0.6 is 11.3 Å². The Labute approximate surface area is 112 Å². The lowest BCUT2D eigenvalue weighted by Gasteiger charge is -2.33. The summed E-state index contributed by atoms with van der Waals surface area (Å²) >= 11 is 1.66. The highest BCUT2D eigenvalue weighted by molar-refractivity contribution is 7.09. The highest BCUT2D eigenvalue weighted by Crippen LogP contribution is 2.34. The Kier molecular flexibility index (Phi) is 4.02. The zero-order valence-electron chi connectivity index (χ0n) is 11.0. The second-order valence-corrected chi connectivity index (χ2v) is 5.74. The molecule has 0 aliphatic carbocycles. The molecule has 0 bridgehead atoms. The Morgan fingerprint density at radius 2 is 2.39 bits per heavy atom. The molecule has 1 fully saturated rings. The molecule has 0 amide bonds. The van der Waals surface area contributed by atoms with Crippen molar-refractivity contribution in [1.29, 1.82) is 0 Å². The van der Waals surface area contributed by atoms with Gasteiger partial charge in [0.1, 0.15) is 5.54 Å². The topological polar surface area (TPSA) is 53.4 Å². The predicted molar refractivity (Wildman–Crippen MR) is 71.8 cm³/mol. The number of carboxylic acids is 1. The van der Waals surface area contributed by atoms with E-state index in [1.807, 2.05) is 6.92 Å². The second kappa shape index (κ2) is 5.36. The van der Waals surface area contributed by atoms with Gasteiger partial charge in [-0.1, -0.05) is 13.8 Å². The van der Waals surface area contributed by atoms with Gasteiger partial charge in [-0.3, -0.25) is 9.69 Å². The highest BCUT2D eigenvalue weighted by atomic mass is 32.1. The number of carbonyl (C=O) groups is 1. The van der Waals surface area contributed by atoms with Crippen LogP contribution < -0.4 is 0 Å². The molecule has 5 heteroatoms. The number of likely N-dealkylation sites (tertiary alicyclic amines) is 1. The van der Waals surface area contributed by atoms with Crippen LogP contribution in [-0.2, 0) is 17.8 Å². The second-order valence-electron chi connectivity index (χ2n) is 4.80. The molecule has 1 aliphatic heterocycles. The van der Waals surface area contributed by atoms with Crippen LogP contribution in [0.4, 0.5) is 0 Å². The monoisotopic (exact) mass is 268 g/mol. The molecule has 100 valence electrons. The maximum absolute atomic E-state index is 11.6. The first-order valence-corrected chi connectivity index (χ1v) is 7.42. The van der Waals surface area contributed by atoms with E-state index in [1.165, 1.54) is 0 Å². The number of rotatable bonds is 5. The van der Waals surface area contributed by atoms with Crippen molar-refractivity contribution < 1.29 is 9.90 Å². The Morgan fingerprint density at radius 3 is 2.94 bits per heavy atom. The maximum Gasteiger partial charge on any atom is 0.324 e. The van der Waals surface area contributed by atoms with Crippen molar-refractivity contribution in [1.82, 2.24) is 9.88 Å². The molecular weight excluding hydrogens is 248 g/mol. The minimum Gasteiger partial charge on any atom is -0.480 e. The van der Waals surface area contributed by atoms with Gasteiger partial charge in [0.05, 0.1) is 10.7 Å². The number of aryl methyl sites for hydroxylation is 1. The molecular formula is C13H20N2O2S. The maximum atomic E-state index is 11.6. The van der Waals surface area contributed by atoms with Gasteiger partial charge >= 0.3 is 5.97 Å². The fourth-order valence-electron chi connectivity index (χ4n) is 2.74. The van der Waals surface area contributed by atoms with Crippen LogP contribution in [0.15, 0.2) is 5.38 Å². The molecule has 1 aromatic rings. The largest absolute Gasteiger partial charge is 0.480 e. The van der Waals surface area contributed by atoms with Gasteiger partial charge in [-0.25, -0.2) is 4.98 Å². The lowest BCUT2D eigenvalue weighted by Crippen LogP contribution is -2.49. The third kappa shape index (κ3) is 2.29. The van der Waals surface area contributed by atoms with Crippen molar-refractivity contribution in [3.8, 4) is 0 Å². The highest BCUT2D eigenvalue weighted by Gasteiger charge is 2.46. The smallest absolute Gasteiger partial charge is 0.324 e. The fraction of sp³-hybridized carbons (Fsp3) is 0.692. The van der Waals surface area contributed by atoms with Gasteiger partial charge < -0.3 is 5.11 Å². The van der Waals surface area contributed by atoms with E-state index < -0.39 is 11.5 Å². The molecule has 1 N–H and O–H groups in total. The van der Waals surface area contributed by atoms with Crippen LogP contribution in [0, 0.1) is 0 Å². The summed E-state index contributed by atoms with van der Waals surface area (Å²) in [7, 11) is 0. The van der Waals surface area contributed by atoms with Gasteiger partial charge in [0.2, 0.25) is 0 Å². The van der Waals surface area contributed by atoms with E-state index in [0.29, 0.717) is 13.0 Å². The van der Waals surface area contributed by atoms with Crippen LogP contribution in [0.3, 0.4) is 0 Å². The predicted octanol–water partition coefficient (Wildman–Crippen LogP) is 2.53. The molecule has 1 aromatic heterocycles. The van der Waals surface area contributed by atoms with Crippen LogP contribution in [-0.4, -0.2) is 33.0 Å². The number of thiazole rings is 1. The summed E-state index contributed by atoms with van der Waals surface area (Å²) in [4.78, 5) is 18.2. The number of aromatic nitrogens is 1. The van der Waals surface area contributed by atoms with Crippen molar-refractivity contribution in [2.75, 3.05) is 6.54 Å². The van der Waals surface area contributed by atoms with E-state index in [0.717, 1.165) is 36.5 Å². The first kappa shape index (κ1) is 13.5. The number of hydrogen-bond donors (Lipinski definition) is 1. The van der Waals surface area contributed by atoms with Gasteiger partial charge in [0.25, 0.3) is 0 Å². The van der Waals surface area contributed by atoms with Crippen LogP contribution in [0.2, 0.25) is 0 Å². The van der Waals surface area contributed by atoms with Crippen LogP contribution in [0.1, 0.15) is 43.8 Å². The summed E-state index contributed by atoms with van der Waals surface area (Å²) in [6.07, 6.45) is 3.32. The minimum absolute atomic E-state index is 0.660. The van der Waals surface area contributed by atoms with E-state index in [2.05, 4.69) is 22.2 Å². The van der Waals surface area contributed by atoms with E-state index >= 15 is 0 Å². The van der Waals surface area contributed by atoms with Crippen molar-refractivity contribution in [3.63, 3.8) is 0 Å². The molecule has 1 unspecified atom stereocenters. The lowest BCUT2D eigenvalue weighted by molar-refractivity contribution is -0.150. The van der Waals surface area contributed by atoms with E-state index in [1.54, 1.807) is 11.3 Å². The SMILES string of the molecule is CCc1nc(CN2CCCC2(CC)C(=O)O)cs1. The average molecular weight is 268 g/mol. The van der Waals surface area contributed by atoms with Crippen LogP contribution in [0.5, 0.6) is 0 Å². The Bertz CT molecular complexity index is 432. The lowest BCUT2D eigenvalue weighted by atomic mass is 9.93. The molecule has 0 radical (unpaired) electrons. The normalized spacial score (nSPS) is 24.6. The number of carboxylic acid groups (broad SMARTS) is 1. The molecule has 2 heterocycles. The van der Waals surface area contributed by atoms with E-state index in [9.17, 15) is 9.90 Å². The summed E-state index contributed by atoms with van der Waals surface area (Å²) in [6, 6.07) is 0. The molecule has 0 aromatic carbocycles.